The van der Waals surface area contributed by atoms with E-state index in [9.17, 15) is 5.11 Å². The summed E-state index contributed by atoms with van der Waals surface area (Å²) in [6, 6.07) is 6.16. The molecule has 5 heteroatoms. The number of aliphatic hydroxyl groups is 2. The summed E-state index contributed by atoms with van der Waals surface area (Å²) in [4.78, 5) is 2.32. The third-order valence-corrected chi connectivity index (χ3v) is 3.30. The van der Waals surface area contributed by atoms with Crippen LogP contribution in [-0.4, -0.2) is 55.8 Å². The summed E-state index contributed by atoms with van der Waals surface area (Å²) in [6.07, 6.45) is -0.723. The second-order valence-electron chi connectivity index (χ2n) is 4.82. The quantitative estimate of drug-likeness (QED) is 0.728. The van der Waals surface area contributed by atoms with Crippen LogP contribution in [0.4, 0.5) is 11.4 Å². The number of hydrogen-bond donors (Lipinski definition) is 3. The summed E-state index contributed by atoms with van der Waals surface area (Å²) < 4.78 is 5.36. The third-order valence-electron chi connectivity index (χ3n) is 3.30. The standard InChI is InChI=1S/C14H22N2O3/c1-11-8-12(15-9-13(18)10-17)2-3-14(11)16-4-6-19-7-5-16/h2-3,8,13,15,17-18H,4-7,9-10H2,1H3. The zero-order chi connectivity index (χ0) is 13.7. The summed E-state index contributed by atoms with van der Waals surface area (Å²) in [5.41, 5.74) is 3.39. The third kappa shape index (κ3) is 3.83. The maximum Gasteiger partial charge on any atom is 0.0942 e. The first kappa shape index (κ1) is 14.1. The van der Waals surface area contributed by atoms with E-state index in [1.54, 1.807) is 0 Å². The predicted octanol–water partition coefficient (Wildman–Crippen LogP) is 0.597. The minimum Gasteiger partial charge on any atom is -0.394 e. The SMILES string of the molecule is Cc1cc(NCC(O)CO)ccc1N1CCOCC1. The van der Waals surface area contributed by atoms with Gasteiger partial charge in [-0.2, -0.15) is 0 Å². The Bertz CT molecular complexity index is 406. The van der Waals surface area contributed by atoms with Crippen molar-refractivity contribution in [3.8, 4) is 0 Å². The molecule has 0 radical (unpaired) electrons. The number of nitrogens with one attached hydrogen (secondary N) is 1. The lowest BCUT2D eigenvalue weighted by Crippen LogP contribution is -2.36. The lowest BCUT2D eigenvalue weighted by Gasteiger charge is -2.30. The topological polar surface area (TPSA) is 65.0 Å². The van der Waals surface area contributed by atoms with Crippen molar-refractivity contribution in [3.05, 3.63) is 23.8 Å². The number of rotatable bonds is 5. The molecule has 1 fully saturated rings. The molecule has 0 saturated carbocycles. The second-order valence-corrected chi connectivity index (χ2v) is 4.82. The molecule has 1 aliphatic heterocycles. The second kappa shape index (κ2) is 6.75. The summed E-state index contributed by atoms with van der Waals surface area (Å²) in [5.74, 6) is 0. The van der Waals surface area contributed by atoms with E-state index in [-0.39, 0.29) is 6.61 Å². The van der Waals surface area contributed by atoms with Gasteiger partial charge in [0.25, 0.3) is 0 Å². The van der Waals surface area contributed by atoms with Gasteiger partial charge in [0, 0.05) is 31.0 Å². The van der Waals surface area contributed by atoms with Crippen LogP contribution in [0.5, 0.6) is 0 Å². The maximum atomic E-state index is 9.31. The number of aliphatic hydroxyl groups excluding tert-OH is 2. The Morgan fingerprint density at radius 1 is 1.37 bits per heavy atom. The van der Waals surface area contributed by atoms with Crippen LogP contribution in [0.1, 0.15) is 5.56 Å². The van der Waals surface area contributed by atoms with Gasteiger partial charge < -0.3 is 25.2 Å². The van der Waals surface area contributed by atoms with E-state index in [1.165, 1.54) is 11.3 Å². The van der Waals surface area contributed by atoms with Gasteiger partial charge in [-0.05, 0) is 30.7 Å². The molecule has 3 N–H and O–H groups in total. The van der Waals surface area contributed by atoms with Gasteiger partial charge in [-0.15, -0.1) is 0 Å². The van der Waals surface area contributed by atoms with Gasteiger partial charge in [-0.3, -0.25) is 0 Å². The molecule has 1 aromatic rings. The number of benzene rings is 1. The van der Waals surface area contributed by atoms with Crippen molar-refractivity contribution >= 4 is 11.4 Å². The molecule has 0 aromatic heterocycles. The van der Waals surface area contributed by atoms with Crippen molar-refractivity contribution in [3.63, 3.8) is 0 Å². The Morgan fingerprint density at radius 3 is 2.74 bits per heavy atom. The Hall–Kier alpha value is -1.30. The molecule has 0 amide bonds. The molecule has 1 heterocycles. The number of morpholine rings is 1. The average molecular weight is 266 g/mol. The molecular formula is C14H22N2O3. The molecule has 19 heavy (non-hydrogen) atoms. The van der Waals surface area contributed by atoms with Crippen molar-refractivity contribution in [2.24, 2.45) is 0 Å². The largest absolute Gasteiger partial charge is 0.394 e. The van der Waals surface area contributed by atoms with E-state index in [0.29, 0.717) is 6.54 Å². The zero-order valence-corrected chi connectivity index (χ0v) is 11.3. The molecule has 1 unspecified atom stereocenters. The van der Waals surface area contributed by atoms with Gasteiger partial charge in [0.1, 0.15) is 0 Å². The highest BCUT2D eigenvalue weighted by molar-refractivity contribution is 5.60. The molecule has 0 spiro atoms. The molecule has 106 valence electrons. The van der Waals surface area contributed by atoms with Crippen LogP contribution in [0, 0.1) is 6.92 Å². The van der Waals surface area contributed by atoms with Crippen LogP contribution in [-0.2, 0) is 4.74 Å². The highest BCUT2D eigenvalue weighted by atomic mass is 16.5. The molecule has 5 nitrogen and oxygen atoms in total. The van der Waals surface area contributed by atoms with Gasteiger partial charge in [-0.25, -0.2) is 0 Å². The van der Waals surface area contributed by atoms with Gasteiger partial charge in [-0.1, -0.05) is 0 Å². The fraction of sp³-hybridized carbons (Fsp3) is 0.571. The minimum atomic E-state index is -0.723. The average Bonchev–Trinajstić information content (AvgIpc) is 2.45. The van der Waals surface area contributed by atoms with Gasteiger partial charge in [0.2, 0.25) is 0 Å². The van der Waals surface area contributed by atoms with E-state index in [0.717, 1.165) is 32.0 Å². The Kier molecular flexibility index (Phi) is 5.01. The van der Waals surface area contributed by atoms with E-state index < -0.39 is 6.10 Å². The smallest absolute Gasteiger partial charge is 0.0942 e. The molecule has 2 rings (SSSR count). The fourth-order valence-corrected chi connectivity index (χ4v) is 2.22. The van der Waals surface area contributed by atoms with Crippen LogP contribution >= 0.6 is 0 Å². The summed E-state index contributed by atoms with van der Waals surface area (Å²) in [6.45, 7) is 5.63. The Morgan fingerprint density at radius 2 is 2.11 bits per heavy atom. The minimum absolute atomic E-state index is 0.224. The highest BCUT2D eigenvalue weighted by Gasteiger charge is 2.13. The fourth-order valence-electron chi connectivity index (χ4n) is 2.22. The van der Waals surface area contributed by atoms with Gasteiger partial charge in [0.05, 0.1) is 25.9 Å². The predicted molar refractivity (Wildman–Crippen MR) is 75.8 cm³/mol. The molecule has 1 saturated heterocycles. The van der Waals surface area contributed by atoms with E-state index in [4.69, 9.17) is 9.84 Å². The van der Waals surface area contributed by atoms with Crippen LogP contribution < -0.4 is 10.2 Å². The van der Waals surface area contributed by atoms with Crippen LogP contribution in [0.3, 0.4) is 0 Å². The van der Waals surface area contributed by atoms with Gasteiger partial charge in [0.15, 0.2) is 0 Å². The van der Waals surface area contributed by atoms with E-state index in [2.05, 4.69) is 29.3 Å². The number of hydrogen-bond acceptors (Lipinski definition) is 5. The van der Waals surface area contributed by atoms with Crippen molar-refractivity contribution in [1.82, 2.24) is 0 Å². The van der Waals surface area contributed by atoms with Crippen molar-refractivity contribution < 1.29 is 14.9 Å². The lowest BCUT2D eigenvalue weighted by molar-refractivity contribution is 0.105. The molecule has 0 aliphatic carbocycles. The summed E-state index contributed by atoms with van der Waals surface area (Å²) >= 11 is 0. The van der Waals surface area contributed by atoms with E-state index >= 15 is 0 Å². The van der Waals surface area contributed by atoms with Crippen LogP contribution in [0.25, 0.3) is 0 Å². The maximum absolute atomic E-state index is 9.31. The first-order chi connectivity index (χ1) is 9.20. The monoisotopic (exact) mass is 266 g/mol. The van der Waals surface area contributed by atoms with E-state index in [1.807, 2.05) is 6.07 Å². The number of anilines is 2. The first-order valence-electron chi connectivity index (χ1n) is 6.67. The molecular weight excluding hydrogens is 244 g/mol. The number of aryl methyl sites for hydroxylation is 1. The molecule has 0 bridgehead atoms. The highest BCUT2D eigenvalue weighted by Crippen LogP contribution is 2.24. The molecule has 1 atom stereocenters. The van der Waals surface area contributed by atoms with Crippen molar-refractivity contribution in [2.75, 3.05) is 49.7 Å². The Labute approximate surface area is 113 Å². The molecule has 1 aromatic carbocycles. The van der Waals surface area contributed by atoms with Gasteiger partial charge >= 0.3 is 0 Å². The van der Waals surface area contributed by atoms with Crippen LogP contribution in [0.15, 0.2) is 18.2 Å². The summed E-state index contributed by atoms with van der Waals surface area (Å²) in [5, 5.41) is 21.2. The van der Waals surface area contributed by atoms with Crippen molar-refractivity contribution in [2.45, 2.75) is 13.0 Å². The van der Waals surface area contributed by atoms with Crippen molar-refractivity contribution in [1.29, 1.82) is 0 Å². The molecule has 1 aliphatic rings. The number of ether oxygens (including phenoxy) is 1. The Balaban J connectivity index is 2.00. The number of nitrogens with zero attached hydrogens (tertiary/aromatic N) is 1. The summed E-state index contributed by atoms with van der Waals surface area (Å²) in [7, 11) is 0. The zero-order valence-electron chi connectivity index (χ0n) is 11.3. The van der Waals surface area contributed by atoms with Crippen LogP contribution in [0.2, 0.25) is 0 Å². The normalized spacial score (nSPS) is 17.3. The lowest BCUT2D eigenvalue weighted by atomic mass is 10.1. The first-order valence-corrected chi connectivity index (χ1v) is 6.67.